The van der Waals surface area contributed by atoms with Crippen LogP contribution in [0.1, 0.15) is 81.6 Å². The normalized spacial score (nSPS) is 24.0. The molecule has 0 radical (unpaired) electrons. The minimum atomic E-state index is -0.693. The maximum absolute atomic E-state index is 9.69. The molecule has 182 valence electrons. The van der Waals surface area contributed by atoms with E-state index in [1.165, 1.54) is 33.4 Å². The lowest BCUT2D eigenvalue weighted by atomic mass is 9.74. The van der Waals surface area contributed by atoms with Crippen molar-refractivity contribution in [3.05, 3.63) is 61.2 Å². The van der Waals surface area contributed by atoms with E-state index in [4.69, 9.17) is 9.98 Å². The number of rotatable bonds is 3. The predicted molar refractivity (Wildman–Crippen MR) is 147 cm³/mol. The molecule has 1 unspecified atom stereocenters. The third-order valence-corrected chi connectivity index (χ3v) is 8.46. The van der Waals surface area contributed by atoms with Crippen molar-refractivity contribution >= 4 is 29.7 Å². The zero-order chi connectivity index (χ0) is 25.9. The molecule has 5 heteroatoms. The van der Waals surface area contributed by atoms with Crippen LogP contribution in [0.4, 0.5) is 0 Å². The molecular formula is C30H37N5. The van der Waals surface area contributed by atoms with Crippen LogP contribution in [0.15, 0.2) is 26.8 Å². The molecule has 2 aliphatic rings. The molecule has 1 atom stereocenters. The van der Waals surface area contributed by atoms with Gasteiger partial charge < -0.3 is 9.97 Å². The van der Waals surface area contributed by atoms with Crippen LogP contribution in [0.5, 0.6) is 0 Å². The van der Waals surface area contributed by atoms with Gasteiger partial charge in [-0.3, -0.25) is 9.98 Å². The zero-order valence-corrected chi connectivity index (χ0v) is 22.8. The van der Waals surface area contributed by atoms with Gasteiger partial charge in [-0.1, -0.05) is 13.8 Å². The van der Waals surface area contributed by atoms with Crippen molar-refractivity contribution in [3.63, 3.8) is 0 Å². The number of allylic oxidation sites excluding steroid dienone is 2. The van der Waals surface area contributed by atoms with E-state index in [1.54, 1.807) is 0 Å². The number of nitrogens with one attached hydrogen (secondary N) is 2. The summed E-state index contributed by atoms with van der Waals surface area (Å²) in [5.74, 6) is 0. The maximum atomic E-state index is 9.69. The van der Waals surface area contributed by atoms with E-state index in [0.29, 0.717) is 0 Å². The van der Waals surface area contributed by atoms with Gasteiger partial charge in [0.25, 0.3) is 0 Å². The Morgan fingerprint density at radius 1 is 0.771 bits per heavy atom. The van der Waals surface area contributed by atoms with Gasteiger partial charge in [0.2, 0.25) is 0 Å². The molecule has 0 aliphatic carbocycles. The molecule has 35 heavy (non-hydrogen) atoms. The van der Waals surface area contributed by atoms with Gasteiger partial charge in [0.05, 0.1) is 11.8 Å². The first-order valence-electron chi connectivity index (χ1n) is 12.3. The largest absolute Gasteiger partial charge is 0.355 e. The second kappa shape index (κ2) is 8.37. The lowest BCUT2D eigenvalue weighted by Crippen LogP contribution is -2.34. The molecule has 0 spiro atoms. The monoisotopic (exact) mass is 467 g/mol. The average molecular weight is 468 g/mol. The van der Waals surface area contributed by atoms with E-state index in [1.807, 2.05) is 6.92 Å². The molecule has 0 fully saturated rings. The minimum absolute atomic E-state index is 0.185. The molecule has 2 N–H and O–H groups in total. The van der Waals surface area contributed by atoms with Crippen LogP contribution in [0.2, 0.25) is 0 Å². The van der Waals surface area contributed by atoms with Gasteiger partial charge in [0, 0.05) is 38.9 Å². The molecule has 0 aromatic carbocycles. The lowest BCUT2D eigenvalue weighted by molar-refractivity contribution is 0.276. The van der Waals surface area contributed by atoms with Crippen LogP contribution >= 0.6 is 0 Å². The summed E-state index contributed by atoms with van der Waals surface area (Å²) in [5.41, 5.74) is 11.8. The van der Waals surface area contributed by atoms with Gasteiger partial charge >= 0.3 is 0 Å². The molecule has 0 saturated carbocycles. The highest BCUT2D eigenvalue weighted by atomic mass is 14.9. The summed E-state index contributed by atoms with van der Waals surface area (Å²) in [6, 6.07) is 2.41. The van der Waals surface area contributed by atoms with Crippen LogP contribution in [-0.2, 0) is 0 Å². The minimum Gasteiger partial charge on any atom is -0.355 e. The number of H-pyrrole nitrogens is 2. The summed E-state index contributed by atoms with van der Waals surface area (Å²) in [6.45, 7) is 21.1. The quantitative estimate of drug-likeness (QED) is 0.615. The number of nitrogens with zero attached hydrogens (tertiary/aromatic N) is 3. The molecule has 2 aromatic rings. The molecular weight excluding hydrogens is 430 g/mol. The SMILES string of the molecule is CC1=N/C(=C\c2[nH]c(/C=c3\[nH]/c(=C\C4=NC(C)(C#N)C(C)(C)C4)c(C)c3C)c(C)c2C)C(C)=C1C. The number of nitriles is 1. The molecule has 2 aromatic heterocycles. The molecule has 4 heterocycles. The first-order valence-corrected chi connectivity index (χ1v) is 12.3. The van der Waals surface area contributed by atoms with E-state index in [9.17, 15) is 5.26 Å². The Balaban J connectivity index is 1.76. The lowest BCUT2D eigenvalue weighted by Gasteiger charge is -2.29. The highest BCUT2D eigenvalue weighted by molar-refractivity contribution is 6.12. The fourth-order valence-corrected chi connectivity index (χ4v) is 4.81. The number of aliphatic imine (C=N–C) groups is 2. The van der Waals surface area contributed by atoms with E-state index >= 15 is 0 Å². The van der Waals surface area contributed by atoms with Crippen molar-refractivity contribution in [2.45, 2.75) is 81.2 Å². The molecule has 2 aliphatic heterocycles. The predicted octanol–water partition coefficient (Wildman–Crippen LogP) is 5.49. The van der Waals surface area contributed by atoms with Crippen molar-refractivity contribution in [2.24, 2.45) is 15.4 Å². The highest BCUT2D eigenvalue weighted by Crippen LogP contribution is 2.42. The second-order valence-corrected chi connectivity index (χ2v) is 11.0. The third kappa shape index (κ3) is 4.05. The van der Waals surface area contributed by atoms with Crippen LogP contribution in [0.25, 0.3) is 18.2 Å². The van der Waals surface area contributed by atoms with Crippen molar-refractivity contribution < 1.29 is 0 Å². The number of hydrogen-bond acceptors (Lipinski definition) is 3. The van der Waals surface area contributed by atoms with Crippen LogP contribution in [-0.4, -0.2) is 26.9 Å². The standard InChI is InChI=1S/C30H37N5/c1-16-17(2)25(32-22(16)7)12-26-20(5)21(6)28(34-26)13-27-19(4)18(3)24(33-27)11-23-14-29(8,9)30(10,15-31)35-23/h11-13,33-34H,14H2,1-10H3/b24-11-,25-12-,27-13-. The topological polar surface area (TPSA) is 80.1 Å². The summed E-state index contributed by atoms with van der Waals surface area (Å²) >= 11 is 0. The average Bonchev–Trinajstić information content (AvgIpc) is 3.39. The Morgan fingerprint density at radius 3 is 1.86 bits per heavy atom. The summed E-state index contributed by atoms with van der Waals surface area (Å²) in [6.07, 6.45) is 7.26. The van der Waals surface area contributed by atoms with E-state index in [2.05, 4.69) is 96.6 Å². The van der Waals surface area contributed by atoms with Gasteiger partial charge in [-0.15, -0.1) is 0 Å². The van der Waals surface area contributed by atoms with Gasteiger partial charge in [-0.2, -0.15) is 5.26 Å². The van der Waals surface area contributed by atoms with Crippen molar-refractivity contribution in [2.75, 3.05) is 0 Å². The van der Waals surface area contributed by atoms with Gasteiger partial charge in [0.1, 0.15) is 5.54 Å². The van der Waals surface area contributed by atoms with Crippen LogP contribution in [0, 0.1) is 44.4 Å². The Hall–Kier alpha value is -3.39. The summed E-state index contributed by atoms with van der Waals surface area (Å²) in [7, 11) is 0. The van der Waals surface area contributed by atoms with Crippen molar-refractivity contribution in [1.29, 1.82) is 5.26 Å². The first-order chi connectivity index (χ1) is 16.3. The first kappa shape index (κ1) is 24.7. The van der Waals surface area contributed by atoms with Crippen molar-refractivity contribution in [1.82, 2.24) is 9.97 Å². The Morgan fingerprint density at radius 2 is 1.34 bits per heavy atom. The number of aromatic nitrogens is 2. The summed E-state index contributed by atoms with van der Waals surface area (Å²) < 4.78 is 0. The summed E-state index contributed by atoms with van der Waals surface area (Å²) in [5, 5.41) is 11.8. The molecule has 4 rings (SSSR count). The van der Waals surface area contributed by atoms with Gasteiger partial charge in [-0.05, 0) is 113 Å². The zero-order valence-electron chi connectivity index (χ0n) is 22.8. The Kier molecular flexibility index (Phi) is 5.92. The number of aromatic amines is 2. The molecule has 0 bridgehead atoms. The van der Waals surface area contributed by atoms with Gasteiger partial charge in [-0.25, -0.2) is 0 Å². The fraction of sp³-hybridized carbons (Fsp3) is 0.433. The maximum Gasteiger partial charge on any atom is 0.149 e. The van der Waals surface area contributed by atoms with E-state index < -0.39 is 5.54 Å². The van der Waals surface area contributed by atoms with Crippen molar-refractivity contribution in [3.8, 4) is 6.07 Å². The second-order valence-electron chi connectivity index (χ2n) is 11.0. The molecule has 0 amide bonds. The molecule has 0 saturated heterocycles. The third-order valence-electron chi connectivity index (χ3n) is 8.46. The van der Waals surface area contributed by atoms with Crippen LogP contribution < -0.4 is 10.7 Å². The summed E-state index contributed by atoms with van der Waals surface area (Å²) in [4.78, 5) is 16.8. The Labute approximate surface area is 208 Å². The fourth-order valence-electron chi connectivity index (χ4n) is 4.81. The Bertz CT molecular complexity index is 1520. The smallest absolute Gasteiger partial charge is 0.149 e. The van der Waals surface area contributed by atoms with E-state index in [-0.39, 0.29) is 5.41 Å². The van der Waals surface area contributed by atoms with E-state index in [0.717, 1.165) is 45.6 Å². The number of hydrogen-bond donors (Lipinski definition) is 2. The highest BCUT2D eigenvalue weighted by Gasteiger charge is 2.46. The van der Waals surface area contributed by atoms with Crippen LogP contribution in [0.3, 0.4) is 0 Å². The molecule has 5 nitrogen and oxygen atoms in total. The van der Waals surface area contributed by atoms with Gasteiger partial charge in [0.15, 0.2) is 0 Å².